The van der Waals surface area contributed by atoms with Gasteiger partial charge in [0.2, 0.25) is 11.9 Å². The third-order valence-corrected chi connectivity index (χ3v) is 4.49. The SMILES string of the molecule is CCC(=O)Nc1ncc2c(n1)C[C@H](c1ccc(OC)cc1OC)CC2=O. The molecular weight excluding hydrogens is 334 g/mol. The number of nitrogens with zero attached hydrogens (tertiary/aromatic N) is 2. The second-order valence-electron chi connectivity index (χ2n) is 6.09. The van der Waals surface area contributed by atoms with E-state index in [0.717, 1.165) is 5.56 Å². The average molecular weight is 355 g/mol. The maximum atomic E-state index is 12.5. The molecule has 1 aromatic heterocycles. The zero-order valence-electron chi connectivity index (χ0n) is 15.0. The number of Topliss-reactive ketones (excluding diaryl/α,β-unsaturated/α-hetero) is 1. The van der Waals surface area contributed by atoms with Gasteiger partial charge in [-0.2, -0.15) is 0 Å². The first-order valence-corrected chi connectivity index (χ1v) is 8.46. The van der Waals surface area contributed by atoms with Crippen molar-refractivity contribution in [3.63, 3.8) is 0 Å². The van der Waals surface area contributed by atoms with Gasteiger partial charge in [-0.1, -0.05) is 13.0 Å². The first kappa shape index (κ1) is 17.8. The van der Waals surface area contributed by atoms with Crippen molar-refractivity contribution >= 4 is 17.6 Å². The Balaban J connectivity index is 1.92. The second kappa shape index (κ2) is 7.51. The number of hydrogen-bond donors (Lipinski definition) is 1. The molecule has 1 aliphatic carbocycles. The monoisotopic (exact) mass is 355 g/mol. The summed E-state index contributed by atoms with van der Waals surface area (Å²) in [5.74, 6) is 1.37. The molecule has 3 rings (SSSR count). The lowest BCUT2D eigenvalue weighted by atomic mass is 9.82. The minimum absolute atomic E-state index is 0.0116. The summed E-state index contributed by atoms with van der Waals surface area (Å²) >= 11 is 0. The Kier molecular flexibility index (Phi) is 5.16. The molecule has 7 nitrogen and oxygen atoms in total. The van der Waals surface area contributed by atoms with Crippen LogP contribution >= 0.6 is 0 Å². The number of amides is 1. The number of rotatable bonds is 5. The van der Waals surface area contributed by atoms with Crippen molar-refractivity contribution < 1.29 is 19.1 Å². The first-order chi connectivity index (χ1) is 12.5. The Morgan fingerprint density at radius 2 is 2.08 bits per heavy atom. The summed E-state index contributed by atoms with van der Waals surface area (Å²) in [6, 6.07) is 5.58. The summed E-state index contributed by atoms with van der Waals surface area (Å²) in [5, 5.41) is 2.64. The third kappa shape index (κ3) is 3.51. The van der Waals surface area contributed by atoms with Crippen molar-refractivity contribution in [3.8, 4) is 11.5 Å². The molecule has 2 aromatic rings. The molecule has 0 saturated heterocycles. The predicted molar refractivity (Wildman–Crippen MR) is 95.9 cm³/mol. The normalized spacial score (nSPS) is 16.0. The fraction of sp³-hybridized carbons (Fsp3) is 0.368. The van der Waals surface area contributed by atoms with E-state index in [1.54, 1.807) is 21.1 Å². The number of ketones is 1. The molecule has 0 bridgehead atoms. The summed E-state index contributed by atoms with van der Waals surface area (Å²) in [4.78, 5) is 32.6. The van der Waals surface area contributed by atoms with Crippen LogP contribution in [0, 0.1) is 0 Å². The van der Waals surface area contributed by atoms with Crippen molar-refractivity contribution in [1.82, 2.24) is 9.97 Å². The topological polar surface area (TPSA) is 90.4 Å². The molecule has 1 heterocycles. The zero-order chi connectivity index (χ0) is 18.7. The van der Waals surface area contributed by atoms with Gasteiger partial charge in [-0.25, -0.2) is 9.97 Å². The fourth-order valence-electron chi connectivity index (χ4n) is 3.09. The Morgan fingerprint density at radius 3 is 2.77 bits per heavy atom. The van der Waals surface area contributed by atoms with E-state index in [4.69, 9.17) is 9.47 Å². The number of aromatic nitrogens is 2. The van der Waals surface area contributed by atoms with Gasteiger partial charge in [-0.3, -0.25) is 14.9 Å². The highest BCUT2D eigenvalue weighted by Crippen LogP contribution is 2.38. The van der Waals surface area contributed by atoms with Crippen LogP contribution in [0.3, 0.4) is 0 Å². The van der Waals surface area contributed by atoms with Crippen LogP contribution in [-0.2, 0) is 11.2 Å². The largest absolute Gasteiger partial charge is 0.497 e. The first-order valence-electron chi connectivity index (χ1n) is 8.46. The highest BCUT2D eigenvalue weighted by Gasteiger charge is 2.30. The summed E-state index contributed by atoms with van der Waals surface area (Å²) in [5.41, 5.74) is 2.10. The van der Waals surface area contributed by atoms with E-state index in [-0.39, 0.29) is 23.6 Å². The number of methoxy groups -OCH3 is 2. The molecule has 0 fully saturated rings. The highest BCUT2D eigenvalue weighted by atomic mass is 16.5. The maximum absolute atomic E-state index is 12.5. The minimum atomic E-state index is -0.166. The van der Waals surface area contributed by atoms with Crippen molar-refractivity contribution in [3.05, 3.63) is 41.2 Å². The number of carbonyl (C=O) groups excluding carboxylic acids is 2. The average Bonchev–Trinajstić information content (AvgIpc) is 2.66. The van der Waals surface area contributed by atoms with Gasteiger partial charge in [0.1, 0.15) is 11.5 Å². The van der Waals surface area contributed by atoms with Gasteiger partial charge in [-0.05, 0) is 18.1 Å². The molecule has 1 aromatic carbocycles. The molecule has 1 atom stereocenters. The van der Waals surface area contributed by atoms with E-state index in [2.05, 4.69) is 15.3 Å². The van der Waals surface area contributed by atoms with Gasteiger partial charge >= 0.3 is 0 Å². The minimum Gasteiger partial charge on any atom is -0.497 e. The molecule has 0 saturated carbocycles. The van der Waals surface area contributed by atoms with Crippen molar-refractivity contribution in [2.24, 2.45) is 0 Å². The Bertz CT molecular complexity index is 851. The van der Waals surface area contributed by atoms with Gasteiger partial charge in [0, 0.05) is 31.0 Å². The lowest BCUT2D eigenvalue weighted by molar-refractivity contribution is -0.115. The van der Waals surface area contributed by atoms with Crippen LogP contribution in [0.1, 0.15) is 47.3 Å². The lowest BCUT2D eigenvalue weighted by Gasteiger charge is -2.25. The quantitative estimate of drug-likeness (QED) is 0.887. The second-order valence-corrected chi connectivity index (χ2v) is 6.09. The number of nitrogens with one attached hydrogen (secondary N) is 1. The molecule has 0 unspecified atom stereocenters. The summed E-state index contributed by atoms with van der Waals surface area (Å²) in [7, 11) is 3.19. The summed E-state index contributed by atoms with van der Waals surface area (Å²) in [6.07, 6.45) is 2.77. The van der Waals surface area contributed by atoms with Crippen LogP contribution in [0.2, 0.25) is 0 Å². The smallest absolute Gasteiger partial charge is 0.229 e. The van der Waals surface area contributed by atoms with E-state index in [1.165, 1.54) is 6.20 Å². The summed E-state index contributed by atoms with van der Waals surface area (Å²) in [6.45, 7) is 1.75. The van der Waals surface area contributed by atoms with Gasteiger partial charge in [0.15, 0.2) is 5.78 Å². The third-order valence-electron chi connectivity index (χ3n) is 4.49. The van der Waals surface area contributed by atoms with Gasteiger partial charge in [0.25, 0.3) is 0 Å². The Morgan fingerprint density at radius 1 is 1.27 bits per heavy atom. The highest BCUT2D eigenvalue weighted by molar-refractivity contribution is 5.99. The molecule has 1 amide bonds. The standard InChI is InChI=1S/C19H21N3O4/c1-4-18(24)22-19-20-10-14-15(21-19)7-11(8-16(14)23)13-6-5-12(25-2)9-17(13)26-3/h5-6,9-11H,4,7-8H2,1-3H3,(H,20,21,22,24)/t11-/m0/s1. The van der Waals surface area contributed by atoms with Crippen molar-refractivity contribution in [2.75, 3.05) is 19.5 Å². The molecule has 26 heavy (non-hydrogen) atoms. The molecule has 1 aliphatic rings. The van der Waals surface area contributed by atoms with Gasteiger partial charge in [0.05, 0.1) is 25.5 Å². The van der Waals surface area contributed by atoms with Gasteiger partial charge in [-0.15, -0.1) is 0 Å². The van der Waals surface area contributed by atoms with Crippen LogP contribution < -0.4 is 14.8 Å². The van der Waals surface area contributed by atoms with Crippen LogP contribution in [-0.4, -0.2) is 35.9 Å². The van der Waals surface area contributed by atoms with Crippen LogP contribution in [0.5, 0.6) is 11.5 Å². The molecular formula is C19H21N3O4. The number of anilines is 1. The number of ether oxygens (including phenoxy) is 2. The van der Waals surface area contributed by atoms with E-state index < -0.39 is 0 Å². The Hall–Kier alpha value is -2.96. The van der Waals surface area contributed by atoms with E-state index in [1.807, 2.05) is 18.2 Å². The van der Waals surface area contributed by atoms with Crippen molar-refractivity contribution in [2.45, 2.75) is 32.1 Å². The molecule has 1 N–H and O–H groups in total. The fourth-order valence-corrected chi connectivity index (χ4v) is 3.09. The van der Waals surface area contributed by atoms with E-state index >= 15 is 0 Å². The zero-order valence-corrected chi connectivity index (χ0v) is 15.0. The predicted octanol–water partition coefficient (Wildman–Crippen LogP) is 2.76. The van der Waals surface area contributed by atoms with Crippen LogP contribution in [0.4, 0.5) is 5.95 Å². The molecule has 0 radical (unpaired) electrons. The number of benzene rings is 1. The van der Waals surface area contributed by atoms with E-state index in [0.29, 0.717) is 42.0 Å². The number of hydrogen-bond acceptors (Lipinski definition) is 6. The molecule has 136 valence electrons. The lowest BCUT2D eigenvalue weighted by Crippen LogP contribution is -2.22. The molecule has 0 aliphatic heterocycles. The van der Waals surface area contributed by atoms with Crippen molar-refractivity contribution in [1.29, 1.82) is 0 Å². The van der Waals surface area contributed by atoms with Gasteiger partial charge < -0.3 is 9.47 Å². The van der Waals surface area contributed by atoms with Crippen LogP contribution in [0.15, 0.2) is 24.4 Å². The Labute approximate surface area is 151 Å². The molecule has 7 heteroatoms. The molecule has 0 spiro atoms. The van der Waals surface area contributed by atoms with E-state index in [9.17, 15) is 9.59 Å². The number of carbonyl (C=O) groups is 2. The maximum Gasteiger partial charge on any atom is 0.229 e. The van der Waals surface area contributed by atoms with Crippen LogP contribution in [0.25, 0.3) is 0 Å². The summed E-state index contributed by atoms with van der Waals surface area (Å²) < 4.78 is 10.7. The number of fused-ring (bicyclic) bond motifs is 1.